The van der Waals surface area contributed by atoms with Crippen molar-refractivity contribution < 1.29 is 66.7 Å². The summed E-state index contributed by atoms with van der Waals surface area (Å²) in [6.45, 7) is -0.165. The van der Waals surface area contributed by atoms with Crippen LogP contribution in [0.4, 0.5) is 0 Å². The molecule has 0 radical (unpaired) electrons. The number of fused-ring (bicyclic) bond motifs is 4. The lowest BCUT2D eigenvalue weighted by Crippen LogP contribution is -2.25. The van der Waals surface area contributed by atoms with Crippen LogP contribution in [-0.4, -0.2) is 59.5 Å². The number of carbonyl (C=O) groups excluding carboxylic acids is 2. The van der Waals surface area contributed by atoms with Gasteiger partial charge in [-0.05, 0) is 60.7 Å². The normalized spacial score (nSPS) is 11.4. The Balaban J connectivity index is 0.000000209. The lowest BCUT2D eigenvalue weighted by Gasteiger charge is -2.15. The molecule has 7 rings (SSSR count). The molecule has 1 unspecified atom stereocenters. The zero-order valence-electron chi connectivity index (χ0n) is 27.8. The molecule has 3 heterocycles. The number of carboxylic acid groups (broad SMARTS) is 2. The average Bonchev–Trinajstić information content (AvgIpc) is 3.16. The minimum atomic E-state index is -1.38. The third-order valence-electron chi connectivity index (χ3n) is 7.72. The van der Waals surface area contributed by atoms with E-state index in [1.807, 2.05) is 0 Å². The molecule has 0 spiro atoms. The first-order valence-corrected chi connectivity index (χ1v) is 15.7. The fourth-order valence-electron chi connectivity index (χ4n) is 5.30. The summed E-state index contributed by atoms with van der Waals surface area (Å²) in [6.07, 6.45) is -1.17. The minimum absolute atomic E-state index is 0.00514. The summed E-state index contributed by atoms with van der Waals surface area (Å²) < 4.78 is 36.4. The van der Waals surface area contributed by atoms with Gasteiger partial charge < -0.3 is 47.5 Å². The number of aliphatic hydroxyl groups is 1. The van der Waals surface area contributed by atoms with Crippen molar-refractivity contribution in [1.29, 1.82) is 0 Å². The van der Waals surface area contributed by atoms with Crippen molar-refractivity contribution in [2.24, 2.45) is 0 Å². The van der Waals surface area contributed by atoms with Gasteiger partial charge in [-0.25, -0.2) is 9.59 Å². The van der Waals surface area contributed by atoms with Gasteiger partial charge in [0, 0.05) is 6.07 Å². The van der Waals surface area contributed by atoms with Crippen molar-refractivity contribution in [3.63, 3.8) is 0 Å². The second-order valence-corrected chi connectivity index (χ2v) is 11.3. The topological polar surface area (TPSA) is 257 Å². The highest BCUT2D eigenvalue weighted by Gasteiger charge is 2.17. The maximum absolute atomic E-state index is 12.4. The molecule has 0 aliphatic rings. The Bertz CT molecular complexity index is 2810. The predicted molar refractivity (Wildman–Crippen MR) is 189 cm³/mol. The van der Waals surface area contributed by atoms with E-state index in [1.165, 1.54) is 66.7 Å². The Kier molecular flexibility index (Phi) is 10.7. The van der Waals surface area contributed by atoms with Crippen molar-refractivity contribution >= 4 is 68.8 Å². The summed E-state index contributed by atoms with van der Waals surface area (Å²) in [5.41, 5.74) is -0.747. The Morgan fingerprint density at radius 2 is 1.22 bits per heavy atom. The molecule has 0 bridgehead atoms. The maximum atomic E-state index is 12.4. The smallest absolute Gasteiger partial charge is 0.371 e. The number of rotatable bonds is 12. The first-order valence-electron chi connectivity index (χ1n) is 15.7. The van der Waals surface area contributed by atoms with Crippen LogP contribution in [0.1, 0.15) is 20.9 Å². The molecule has 17 nitrogen and oxygen atoms in total. The monoisotopic (exact) mass is 752 g/mol. The number of carbonyl (C=O) groups is 4. The summed E-state index contributed by atoms with van der Waals surface area (Å²) in [6, 6.07) is 19.2. The fraction of sp³-hybridized carbons (Fsp3) is 0.0789. The molecule has 17 heteroatoms. The molecule has 0 aliphatic carbocycles. The summed E-state index contributed by atoms with van der Waals surface area (Å²) in [4.78, 5) is 80.0. The number of ether oxygens (including phenoxy) is 4. The molecule has 3 aromatic heterocycles. The van der Waals surface area contributed by atoms with Gasteiger partial charge in [0.15, 0.2) is 10.9 Å². The number of carboxylic acids is 2. The van der Waals surface area contributed by atoms with Crippen LogP contribution in [0.5, 0.6) is 23.2 Å². The molecule has 4 aromatic carbocycles. The van der Waals surface area contributed by atoms with Gasteiger partial charge in [0.1, 0.15) is 69.7 Å². The molecular weight excluding hydrogens is 728 g/mol. The number of benzene rings is 4. The Morgan fingerprint density at radius 3 is 1.82 bits per heavy atom. The van der Waals surface area contributed by atoms with Crippen LogP contribution in [0.15, 0.2) is 113 Å². The van der Waals surface area contributed by atoms with Crippen LogP contribution in [0.2, 0.25) is 0 Å². The number of hydrogen-bond donors (Lipinski definition) is 3. The Labute approximate surface area is 304 Å². The second-order valence-electron chi connectivity index (χ2n) is 11.3. The zero-order valence-corrected chi connectivity index (χ0v) is 27.8. The van der Waals surface area contributed by atoms with E-state index in [-0.39, 0.29) is 93.1 Å². The molecule has 278 valence electrons. The lowest BCUT2D eigenvalue weighted by molar-refractivity contribution is -0.122. The van der Waals surface area contributed by atoms with Gasteiger partial charge in [0.05, 0.1) is 22.4 Å². The Morgan fingerprint density at radius 1 is 0.636 bits per heavy atom. The van der Waals surface area contributed by atoms with Crippen molar-refractivity contribution in [2.75, 3.05) is 13.2 Å². The molecule has 3 N–H and O–H groups in total. The molecular formula is C38H24O17. The molecule has 0 amide bonds. The van der Waals surface area contributed by atoms with Gasteiger partial charge in [-0.15, -0.1) is 0 Å². The van der Waals surface area contributed by atoms with Crippen LogP contribution in [0.3, 0.4) is 0 Å². The number of aromatic carboxylic acids is 2. The van der Waals surface area contributed by atoms with Gasteiger partial charge in [-0.2, -0.15) is 0 Å². The largest absolute Gasteiger partial charge is 0.490 e. The molecule has 0 fully saturated rings. The highest BCUT2D eigenvalue weighted by Crippen LogP contribution is 2.27. The lowest BCUT2D eigenvalue weighted by atomic mass is 10.1. The van der Waals surface area contributed by atoms with E-state index in [2.05, 4.69) is 9.47 Å². The quantitative estimate of drug-likeness (QED) is 0.117. The van der Waals surface area contributed by atoms with E-state index in [9.17, 15) is 38.7 Å². The summed E-state index contributed by atoms with van der Waals surface area (Å²) in [5.74, 6) is -2.85. The average molecular weight is 753 g/mol. The van der Waals surface area contributed by atoms with Crippen LogP contribution >= 0.6 is 0 Å². The molecule has 0 aliphatic heterocycles. The zero-order chi connectivity index (χ0) is 39.2. The first-order chi connectivity index (χ1) is 26.5. The minimum Gasteiger partial charge on any atom is -0.490 e. The van der Waals surface area contributed by atoms with E-state index in [0.29, 0.717) is 11.2 Å². The number of hydrogen-bond acceptors (Lipinski definition) is 15. The summed E-state index contributed by atoms with van der Waals surface area (Å²) in [7, 11) is 0. The highest BCUT2D eigenvalue weighted by atomic mass is 16.6. The number of aliphatic hydroxyl groups excluding tert-OH is 1. The molecule has 7 aromatic rings. The maximum Gasteiger partial charge on any atom is 0.371 e. The predicted octanol–water partition coefficient (Wildman–Crippen LogP) is 4.13. The van der Waals surface area contributed by atoms with Gasteiger partial charge in [0.2, 0.25) is 11.2 Å². The van der Waals surface area contributed by atoms with E-state index in [4.69, 9.17) is 32.9 Å². The Hall–Kier alpha value is -7.79. The second kappa shape index (κ2) is 15.8. The van der Waals surface area contributed by atoms with E-state index < -0.39 is 34.7 Å². The standard InChI is InChI=1S/C23H16O11.C15H8O6/c24-11-32-20-8-14(27)22-16(4-2-6-18(22)34-20)31-10-12(25)9-30-15-3-1-5-17-21(15)13(26)7-19(33-17)23(28)29;16-7-20-9-2-4-13-11(6-9)14(17)10-5-8(15(18)19)1-3-12(10)21-13/h1-8,11-12,25H,9-10H2,(H,28,29);1-7H,(H,18,19). The van der Waals surface area contributed by atoms with Crippen LogP contribution < -0.4 is 35.2 Å². The SMILES string of the molecule is O=COc1cc(=O)c2c(OCC(O)COc3cccc4oc(C(=O)O)cc(=O)c34)cccc2o1.O=COc1ccc2oc3ccc(C(=O)O)cc3c(=O)c2c1. The molecule has 1 atom stereocenters. The molecule has 0 saturated carbocycles. The van der Waals surface area contributed by atoms with E-state index in [1.54, 1.807) is 6.07 Å². The summed E-state index contributed by atoms with van der Waals surface area (Å²) in [5, 5.41) is 28.8. The van der Waals surface area contributed by atoms with Gasteiger partial charge in [-0.3, -0.25) is 24.0 Å². The first kappa shape index (κ1) is 37.0. The van der Waals surface area contributed by atoms with Crippen molar-refractivity contribution in [1.82, 2.24) is 0 Å². The van der Waals surface area contributed by atoms with Crippen LogP contribution in [-0.2, 0) is 9.59 Å². The summed E-state index contributed by atoms with van der Waals surface area (Å²) >= 11 is 0. The fourth-order valence-corrected chi connectivity index (χ4v) is 5.30. The van der Waals surface area contributed by atoms with Crippen LogP contribution in [0.25, 0.3) is 43.9 Å². The van der Waals surface area contributed by atoms with Crippen molar-refractivity contribution in [3.8, 4) is 23.2 Å². The van der Waals surface area contributed by atoms with Gasteiger partial charge >= 0.3 is 18.4 Å². The third-order valence-corrected chi connectivity index (χ3v) is 7.72. The van der Waals surface area contributed by atoms with Gasteiger partial charge in [0.25, 0.3) is 12.4 Å². The van der Waals surface area contributed by atoms with Crippen LogP contribution in [0, 0.1) is 0 Å². The van der Waals surface area contributed by atoms with Gasteiger partial charge in [-0.1, -0.05) is 12.1 Å². The third kappa shape index (κ3) is 8.01. The highest BCUT2D eigenvalue weighted by molar-refractivity contribution is 5.96. The van der Waals surface area contributed by atoms with Crippen molar-refractivity contribution in [2.45, 2.75) is 6.10 Å². The molecule has 0 saturated heterocycles. The van der Waals surface area contributed by atoms with E-state index in [0.717, 1.165) is 12.1 Å². The van der Waals surface area contributed by atoms with E-state index >= 15 is 0 Å². The van der Waals surface area contributed by atoms with Crippen molar-refractivity contribution in [3.05, 3.63) is 127 Å². The molecule has 55 heavy (non-hydrogen) atoms.